The Morgan fingerprint density at radius 2 is 1.92 bits per heavy atom. The molecule has 25 heavy (non-hydrogen) atoms. The molecule has 2 heterocycles. The van der Waals surface area contributed by atoms with Crippen LogP contribution in [0.3, 0.4) is 0 Å². The lowest BCUT2D eigenvalue weighted by atomic mass is 9.96. The number of aromatic nitrogens is 2. The van der Waals surface area contributed by atoms with Crippen LogP contribution in [0.2, 0.25) is 5.15 Å². The first kappa shape index (κ1) is 17.7. The fourth-order valence-electron chi connectivity index (χ4n) is 3.29. The third kappa shape index (κ3) is 3.11. The van der Waals surface area contributed by atoms with Crippen molar-refractivity contribution in [1.29, 1.82) is 0 Å². The van der Waals surface area contributed by atoms with E-state index in [-0.39, 0.29) is 10.7 Å². The average molecular weight is 365 g/mol. The van der Waals surface area contributed by atoms with Crippen molar-refractivity contribution < 1.29 is 19.1 Å². The lowest BCUT2D eigenvalue weighted by Crippen LogP contribution is -2.28. The first-order valence-electron chi connectivity index (χ1n) is 8.27. The van der Waals surface area contributed by atoms with Gasteiger partial charge in [0.1, 0.15) is 16.3 Å². The third-order valence-corrected chi connectivity index (χ3v) is 4.51. The first-order valence-corrected chi connectivity index (χ1v) is 8.64. The van der Waals surface area contributed by atoms with E-state index in [0.717, 1.165) is 36.9 Å². The van der Waals surface area contributed by atoms with Gasteiger partial charge in [0.2, 0.25) is 0 Å². The molecule has 134 valence electrons. The maximum atomic E-state index is 12.9. The topological polar surface area (TPSA) is 70.4 Å². The van der Waals surface area contributed by atoms with Crippen LogP contribution < -0.4 is 0 Å². The lowest BCUT2D eigenvalue weighted by Gasteiger charge is -2.22. The molecule has 0 radical (unpaired) electrons. The van der Waals surface area contributed by atoms with E-state index in [2.05, 4.69) is 4.98 Å². The molecule has 0 aromatic carbocycles. The molecule has 1 aliphatic carbocycles. The minimum absolute atomic E-state index is 0.210. The molecule has 6 nitrogen and oxygen atoms in total. The fraction of sp³-hybridized carbons (Fsp3) is 0.500. The van der Waals surface area contributed by atoms with Crippen LogP contribution in [0.5, 0.6) is 0 Å². The van der Waals surface area contributed by atoms with Gasteiger partial charge in [0.05, 0.1) is 12.6 Å². The monoisotopic (exact) mass is 364 g/mol. The molecule has 3 rings (SSSR count). The number of methoxy groups -OCH3 is 1. The molecule has 2 aromatic rings. The Balaban J connectivity index is 2.35. The zero-order chi connectivity index (χ0) is 18.4. The van der Waals surface area contributed by atoms with Crippen LogP contribution in [0.4, 0.5) is 4.79 Å². The van der Waals surface area contributed by atoms with Gasteiger partial charge in [-0.3, -0.25) is 0 Å². The summed E-state index contributed by atoms with van der Waals surface area (Å²) < 4.78 is 11.9. The number of hydrogen-bond donors (Lipinski definition) is 0. The molecule has 0 aliphatic heterocycles. The summed E-state index contributed by atoms with van der Waals surface area (Å²) in [7, 11) is 1.30. The van der Waals surface area contributed by atoms with Crippen LogP contribution in [-0.2, 0) is 22.3 Å². The molecule has 0 saturated carbocycles. The highest BCUT2D eigenvalue weighted by molar-refractivity contribution is 6.35. The highest BCUT2D eigenvalue weighted by atomic mass is 35.5. The Bertz CT molecular complexity index is 864. The predicted molar refractivity (Wildman–Crippen MR) is 94.4 cm³/mol. The lowest BCUT2D eigenvalue weighted by molar-refractivity contribution is 0.0539. The molecule has 0 bridgehead atoms. The fourth-order valence-corrected chi connectivity index (χ4v) is 3.54. The summed E-state index contributed by atoms with van der Waals surface area (Å²) in [6.07, 6.45) is 4.30. The maximum absolute atomic E-state index is 12.9. The zero-order valence-corrected chi connectivity index (χ0v) is 15.6. The minimum Gasteiger partial charge on any atom is -0.465 e. The van der Waals surface area contributed by atoms with Gasteiger partial charge in [-0.1, -0.05) is 11.6 Å². The number of esters is 1. The summed E-state index contributed by atoms with van der Waals surface area (Å²) in [6.45, 7) is 5.41. The number of nitrogens with zero attached hydrogens (tertiary/aromatic N) is 2. The Hall–Kier alpha value is -2.08. The molecule has 0 unspecified atom stereocenters. The highest BCUT2D eigenvalue weighted by Crippen LogP contribution is 2.37. The molecule has 0 amide bonds. The van der Waals surface area contributed by atoms with Crippen LogP contribution in [0.25, 0.3) is 10.9 Å². The van der Waals surface area contributed by atoms with E-state index in [1.165, 1.54) is 17.9 Å². The highest BCUT2D eigenvalue weighted by Gasteiger charge is 2.31. The van der Waals surface area contributed by atoms with Gasteiger partial charge in [-0.15, -0.1) is 0 Å². The van der Waals surface area contributed by atoms with Crippen molar-refractivity contribution in [3.63, 3.8) is 0 Å². The molecule has 2 aromatic heterocycles. The Morgan fingerprint density at radius 1 is 1.24 bits per heavy atom. The first-order chi connectivity index (χ1) is 11.7. The number of halogens is 1. The van der Waals surface area contributed by atoms with Gasteiger partial charge in [0, 0.05) is 17.3 Å². The normalized spacial score (nSPS) is 14.3. The van der Waals surface area contributed by atoms with E-state index in [1.54, 1.807) is 20.8 Å². The van der Waals surface area contributed by atoms with Crippen LogP contribution in [-0.4, -0.2) is 34.3 Å². The van der Waals surface area contributed by atoms with Crippen LogP contribution >= 0.6 is 11.6 Å². The Kier molecular flexibility index (Phi) is 4.49. The van der Waals surface area contributed by atoms with E-state index >= 15 is 0 Å². The van der Waals surface area contributed by atoms with Gasteiger partial charge < -0.3 is 9.47 Å². The molecule has 0 spiro atoms. The number of ether oxygens (including phenoxy) is 2. The van der Waals surface area contributed by atoms with Gasteiger partial charge in [-0.2, -0.15) is 0 Å². The molecule has 0 atom stereocenters. The smallest absolute Gasteiger partial charge is 0.419 e. The van der Waals surface area contributed by atoms with Crippen LogP contribution in [0.1, 0.15) is 55.2 Å². The summed E-state index contributed by atoms with van der Waals surface area (Å²) in [6, 6.07) is 0. The second-order valence-electron chi connectivity index (χ2n) is 7.13. The standard InChI is InChI=1S/C18H21ClN2O4/c1-18(2,3)25-17(23)21-12-8-6-5-7-10(12)13-14(21)11(16(22)24-4)9-20-15(13)19/h9H,5-8H2,1-4H3. The van der Waals surface area contributed by atoms with Gasteiger partial charge in [0.15, 0.2) is 0 Å². The third-order valence-electron chi connectivity index (χ3n) is 4.22. The molecule has 1 aliphatic rings. The quantitative estimate of drug-likeness (QED) is 0.561. The van der Waals surface area contributed by atoms with E-state index < -0.39 is 17.7 Å². The van der Waals surface area contributed by atoms with E-state index in [0.29, 0.717) is 10.9 Å². The van der Waals surface area contributed by atoms with Crippen LogP contribution in [0.15, 0.2) is 6.20 Å². The van der Waals surface area contributed by atoms with Crippen LogP contribution in [0, 0.1) is 0 Å². The molecule has 0 fully saturated rings. The molecule has 0 N–H and O–H groups in total. The number of carbonyl (C=O) groups is 2. The van der Waals surface area contributed by atoms with Gasteiger partial charge in [-0.25, -0.2) is 19.1 Å². The van der Waals surface area contributed by atoms with E-state index in [9.17, 15) is 9.59 Å². The molecular weight excluding hydrogens is 344 g/mol. The Morgan fingerprint density at radius 3 is 2.56 bits per heavy atom. The van der Waals surface area contributed by atoms with Crippen molar-refractivity contribution in [2.75, 3.05) is 7.11 Å². The summed E-state index contributed by atoms with van der Waals surface area (Å²) >= 11 is 6.34. The van der Waals surface area contributed by atoms with Crippen molar-refractivity contribution in [2.24, 2.45) is 0 Å². The van der Waals surface area contributed by atoms with Crippen molar-refractivity contribution in [1.82, 2.24) is 9.55 Å². The largest absolute Gasteiger partial charge is 0.465 e. The average Bonchev–Trinajstić information content (AvgIpc) is 2.89. The zero-order valence-electron chi connectivity index (χ0n) is 14.8. The van der Waals surface area contributed by atoms with Gasteiger partial charge >= 0.3 is 12.1 Å². The summed E-state index contributed by atoms with van der Waals surface area (Å²) in [5, 5.41) is 0.924. The number of rotatable bonds is 1. The second-order valence-corrected chi connectivity index (χ2v) is 7.48. The number of hydrogen-bond acceptors (Lipinski definition) is 5. The molecule has 0 saturated heterocycles. The SMILES string of the molecule is COC(=O)c1cnc(Cl)c2c3c(n(C(=O)OC(C)(C)C)c12)CCCC3. The van der Waals surface area contributed by atoms with Crippen molar-refractivity contribution in [2.45, 2.75) is 52.1 Å². The number of pyridine rings is 1. The number of aryl methyl sites for hydroxylation is 1. The summed E-state index contributed by atoms with van der Waals surface area (Å²) in [5.41, 5.74) is 1.79. The van der Waals surface area contributed by atoms with E-state index in [4.69, 9.17) is 21.1 Å². The summed E-state index contributed by atoms with van der Waals surface area (Å²) in [4.78, 5) is 29.3. The number of fused-ring (bicyclic) bond motifs is 3. The number of carbonyl (C=O) groups excluding carboxylic acids is 2. The predicted octanol–water partition coefficient (Wildman–Crippen LogP) is 4.14. The van der Waals surface area contributed by atoms with Crippen molar-refractivity contribution >= 4 is 34.6 Å². The van der Waals surface area contributed by atoms with Crippen molar-refractivity contribution in [3.05, 3.63) is 28.2 Å². The summed E-state index contributed by atoms with van der Waals surface area (Å²) in [5.74, 6) is -0.561. The maximum Gasteiger partial charge on any atom is 0.419 e. The molecule has 7 heteroatoms. The van der Waals surface area contributed by atoms with E-state index in [1.807, 2.05) is 0 Å². The van der Waals surface area contributed by atoms with Gasteiger partial charge in [-0.05, 0) is 52.0 Å². The minimum atomic E-state index is -0.655. The second kappa shape index (κ2) is 6.33. The Labute approximate surface area is 151 Å². The van der Waals surface area contributed by atoms with Crippen molar-refractivity contribution in [3.8, 4) is 0 Å². The van der Waals surface area contributed by atoms with Gasteiger partial charge in [0.25, 0.3) is 0 Å². The molecular formula is C18H21ClN2O4.